The highest BCUT2D eigenvalue weighted by molar-refractivity contribution is 5.83. The van der Waals surface area contributed by atoms with Gasteiger partial charge in [0.05, 0.1) is 11.6 Å². The van der Waals surface area contributed by atoms with Gasteiger partial charge in [0.15, 0.2) is 5.60 Å². The molecule has 0 spiro atoms. The number of esters is 1. The molecule has 26 heavy (non-hydrogen) atoms. The molecule has 4 heterocycles. The molecule has 0 bridgehead atoms. The number of carbonyl (C=O) groups excluding carboxylic acids is 1. The number of carbonyl (C=O) groups is 1. The second-order valence-electron chi connectivity index (χ2n) is 7.03. The van der Waals surface area contributed by atoms with Gasteiger partial charge in [-0.05, 0) is 35.8 Å². The van der Waals surface area contributed by atoms with Crippen LogP contribution < -0.4 is 10.9 Å². The van der Waals surface area contributed by atoms with E-state index in [4.69, 9.17) is 4.74 Å². The molecule has 0 radical (unpaired) electrons. The number of nitrogens with one attached hydrogen (secondary N) is 1. The summed E-state index contributed by atoms with van der Waals surface area (Å²) in [5, 5.41) is 14.3. The molecule has 2 N–H and O–H groups in total. The van der Waals surface area contributed by atoms with Gasteiger partial charge in [-0.15, -0.1) is 0 Å². The van der Waals surface area contributed by atoms with E-state index in [0.29, 0.717) is 17.7 Å². The molecule has 132 valence electrons. The normalized spacial score (nSPS) is 25.2. The molecule has 1 aromatic heterocycles. The Hall–Kier alpha value is -2.86. The Morgan fingerprint density at radius 1 is 1.35 bits per heavy atom. The fourth-order valence-electron chi connectivity index (χ4n) is 4.19. The summed E-state index contributed by atoms with van der Waals surface area (Å²) in [6.07, 6.45) is 2.26. The number of ether oxygens (including phenoxy) is 1. The molecule has 2 atom stereocenters. The van der Waals surface area contributed by atoms with E-state index in [1.54, 1.807) is 17.6 Å². The molecule has 0 amide bonds. The van der Waals surface area contributed by atoms with Gasteiger partial charge in [-0.3, -0.25) is 4.79 Å². The topological polar surface area (TPSA) is 80.6 Å². The molecular formula is C20H18N2O4. The highest BCUT2D eigenvalue weighted by atomic mass is 16.6. The molecule has 1 aromatic carbocycles. The Bertz CT molecular complexity index is 1050. The first kappa shape index (κ1) is 15.4. The van der Waals surface area contributed by atoms with Crippen molar-refractivity contribution in [3.05, 3.63) is 68.6 Å². The zero-order chi connectivity index (χ0) is 18.1. The van der Waals surface area contributed by atoms with Crippen LogP contribution in [0.1, 0.15) is 41.8 Å². The van der Waals surface area contributed by atoms with Crippen molar-refractivity contribution in [2.24, 2.45) is 0 Å². The predicted molar refractivity (Wildman–Crippen MR) is 95.5 cm³/mol. The number of cyclic esters (lactones) is 1. The maximum Gasteiger partial charge on any atom is 0.343 e. The first-order valence-corrected chi connectivity index (χ1v) is 8.75. The number of nitrogens with zero attached hydrogens (tertiary/aromatic N) is 1. The lowest BCUT2D eigenvalue weighted by Crippen LogP contribution is -2.44. The van der Waals surface area contributed by atoms with Crippen LogP contribution >= 0.6 is 0 Å². The molecule has 0 aliphatic carbocycles. The minimum Gasteiger partial charge on any atom is -0.458 e. The Kier molecular flexibility index (Phi) is 3.01. The van der Waals surface area contributed by atoms with Gasteiger partial charge in [-0.25, -0.2) is 4.79 Å². The minimum absolute atomic E-state index is 0.0903. The predicted octanol–water partition coefficient (Wildman–Crippen LogP) is 2.07. The van der Waals surface area contributed by atoms with Gasteiger partial charge in [-0.1, -0.05) is 25.1 Å². The molecule has 2 aromatic rings. The zero-order valence-electron chi connectivity index (χ0n) is 14.3. The molecule has 3 aliphatic heterocycles. The minimum atomic E-state index is -1.76. The smallest absolute Gasteiger partial charge is 0.343 e. The van der Waals surface area contributed by atoms with Crippen molar-refractivity contribution >= 4 is 17.7 Å². The van der Waals surface area contributed by atoms with E-state index in [0.717, 1.165) is 22.5 Å². The van der Waals surface area contributed by atoms with Crippen molar-refractivity contribution in [2.75, 3.05) is 5.32 Å². The molecule has 3 aliphatic rings. The van der Waals surface area contributed by atoms with Gasteiger partial charge in [0.1, 0.15) is 6.61 Å². The molecule has 5 rings (SSSR count). The van der Waals surface area contributed by atoms with Crippen LogP contribution in [0.15, 0.2) is 40.7 Å². The molecule has 6 nitrogen and oxygen atoms in total. The Labute approximate surface area is 149 Å². The van der Waals surface area contributed by atoms with Gasteiger partial charge in [-0.2, -0.15) is 0 Å². The molecular weight excluding hydrogens is 332 g/mol. The van der Waals surface area contributed by atoms with Crippen molar-refractivity contribution in [3.8, 4) is 0 Å². The van der Waals surface area contributed by atoms with Crippen LogP contribution in [-0.2, 0) is 28.3 Å². The van der Waals surface area contributed by atoms with Gasteiger partial charge in [0.25, 0.3) is 5.56 Å². The van der Waals surface area contributed by atoms with Gasteiger partial charge in [0, 0.05) is 23.5 Å². The number of hydrogen-bond donors (Lipinski definition) is 2. The van der Waals surface area contributed by atoms with Gasteiger partial charge >= 0.3 is 5.97 Å². The summed E-state index contributed by atoms with van der Waals surface area (Å²) in [5.74, 6) is -0.687. The van der Waals surface area contributed by atoms with Crippen LogP contribution in [0.4, 0.5) is 5.69 Å². The Morgan fingerprint density at radius 3 is 2.96 bits per heavy atom. The lowest BCUT2D eigenvalue weighted by molar-refractivity contribution is -0.172. The second-order valence-corrected chi connectivity index (χ2v) is 7.03. The first-order chi connectivity index (χ1) is 12.5. The monoisotopic (exact) mass is 350 g/mol. The van der Waals surface area contributed by atoms with Crippen LogP contribution in [0.5, 0.6) is 0 Å². The van der Waals surface area contributed by atoms with Gasteiger partial charge < -0.3 is 19.7 Å². The largest absolute Gasteiger partial charge is 0.458 e. The summed E-state index contributed by atoms with van der Waals surface area (Å²) < 4.78 is 6.80. The number of hydrogen-bond acceptors (Lipinski definition) is 5. The van der Waals surface area contributed by atoms with E-state index in [1.165, 1.54) is 0 Å². The van der Waals surface area contributed by atoms with Crippen LogP contribution in [-0.4, -0.2) is 15.6 Å². The summed E-state index contributed by atoms with van der Waals surface area (Å²) in [4.78, 5) is 25.2. The van der Waals surface area contributed by atoms with Crippen molar-refractivity contribution < 1.29 is 14.6 Å². The van der Waals surface area contributed by atoms with E-state index < -0.39 is 11.6 Å². The second kappa shape index (κ2) is 5.08. The van der Waals surface area contributed by atoms with Gasteiger partial charge in [0.2, 0.25) is 0 Å². The number of aromatic nitrogens is 1. The highest BCUT2D eigenvalue weighted by Gasteiger charge is 2.46. The van der Waals surface area contributed by atoms with Crippen LogP contribution in [0.2, 0.25) is 0 Å². The van der Waals surface area contributed by atoms with E-state index in [1.807, 2.05) is 24.3 Å². The summed E-state index contributed by atoms with van der Waals surface area (Å²) in [5.41, 5.74) is 2.76. The quantitative estimate of drug-likeness (QED) is 0.770. The van der Waals surface area contributed by atoms with Crippen molar-refractivity contribution in [2.45, 2.75) is 38.1 Å². The lowest BCUT2D eigenvalue weighted by Gasteiger charge is -2.32. The van der Waals surface area contributed by atoms with Crippen molar-refractivity contribution in [1.29, 1.82) is 0 Å². The standard InChI is InChI=1S/C20H18N2O4/c1-2-20(25)14-8-16-17-12(7-11-5-3-4-6-15(11)21-17)9-22(16)18(23)13(14)10-26-19(20)24/h3-8,17,21,25H,2,9-10H2,1H3/t17-,20-/m0/s1. The third kappa shape index (κ3) is 1.85. The number of para-hydroxylation sites is 1. The van der Waals surface area contributed by atoms with E-state index in [-0.39, 0.29) is 24.6 Å². The number of benzene rings is 1. The fraction of sp³-hybridized carbons (Fsp3) is 0.300. The summed E-state index contributed by atoms with van der Waals surface area (Å²) in [6, 6.07) is 9.64. The van der Waals surface area contributed by atoms with E-state index >= 15 is 0 Å². The average molecular weight is 350 g/mol. The molecule has 0 saturated heterocycles. The van der Waals surface area contributed by atoms with E-state index in [9.17, 15) is 14.7 Å². The fourth-order valence-corrected chi connectivity index (χ4v) is 4.19. The number of rotatable bonds is 1. The molecule has 0 unspecified atom stereocenters. The SMILES string of the molecule is CC[C@@]1(O)C(=O)OCc2c1cc1n(c2=O)CC2=Cc3ccccc3N[C@@H]21. The van der Waals surface area contributed by atoms with Crippen LogP contribution in [0.25, 0.3) is 6.08 Å². The van der Waals surface area contributed by atoms with Crippen LogP contribution in [0, 0.1) is 0 Å². The number of aliphatic hydroxyl groups is 1. The van der Waals surface area contributed by atoms with E-state index in [2.05, 4.69) is 11.4 Å². The Morgan fingerprint density at radius 2 is 2.15 bits per heavy atom. The zero-order valence-corrected chi connectivity index (χ0v) is 14.3. The summed E-state index contributed by atoms with van der Waals surface area (Å²) in [7, 11) is 0. The maximum absolute atomic E-state index is 13.0. The van der Waals surface area contributed by atoms with Crippen molar-refractivity contribution in [3.63, 3.8) is 0 Å². The highest BCUT2D eigenvalue weighted by Crippen LogP contribution is 2.42. The number of anilines is 1. The Balaban J connectivity index is 1.71. The number of fused-ring (bicyclic) bond motifs is 5. The average Bonchev–Trinajstić information content (AvgIpc) is 3.01. The third-order valence-corrected chi connectivity index (χ3v) is 5.68. The first-order valence-electron chi connectivity index (χ1n) is 8.75. The number of pyridine rings is 1. The maximum atomic E-state index is 13.0. The van der Waals surface area contributed by atoms with Crippen molar-refractivity contribution in [1.82, 2.24) is 4.57 Å². The summed E-state index contributed by atoms with van der Waals surface area (Å²) >= 11 is 0. The lowest BCUT2D eigenvalue weighted by atomic mass is 9.85. The van der Waals surface area contributed by atoms with Crippen LogP contribution in [0.3, 0.4) is 0 Å². The third-order valence-electron chi connectivity index (χ3n) is 5.68. The molecule has 6 heteroatoms. The molecule has 0 saturated carbocycles. The molecule has 0 fully saturated rings. The summed E-state index contributed by atoms with van der Waals surface area (Å²) in [6.45, 7) is 2.11.